The van der Waals surface area contributed by atoms with E-state index >= 15 is 0 Å². The topological polar surface area (TPSA) is 117 Å². The van der Waals surface area contributed by atoms with E-state index in [1.807, 2.05) is 38.1 Å². The predicted molar refractivity (Wildman–Crippen MR) is 131 cm³/mol. The van der Waals surface area contributed by atoms with E-state index in [0.717, 1.165) is 29.0 Å². The van der Waals surface area contributed by atoms with Crippen LogP contribution in [0.5, 0.6) is 0 Å². The highest BCUT2D eigenvalue weighted by atomic mass is 16.5. The Kier molecular flexibility index (Phi) is 9.68. The predicted octanol–water partition coefficient (Wildman–Crippen LogP) is 3.81. The Morgan fingerprint density at radius 2 is 1.97 bits per heavy atom. The Bertz CT molecular complexity index is 918. The minimum Gasteiger partial charge on any atom is -0.466 e. The van der Waals surface area contributed by atoms with Crippen LogP contribution < -0.4 is 16.8 Å². The molecule has 1 aromatic carbocycles. The molecule has 0 aromatic heterocycles. The van der Waals surface area contributed by atoms with Gasteiger partial charge in [-0.05, 0) is 42.0 Å². The third kappa shape index (κ3) is 6.68. The lowest BCUT2D eigenvalue weighted by Crippen LogP contribution is -2.39. The van der Waals surface area contributed by atoms with Crippen molar-refractivity contribution in [1.29, 1.82) is 0 Å². The molecule has 7 nitrogen and oxygen atoms in total. The lowest BCUT2D eigenvalue weighted by Gasteiger charge is -2.40. The number of benzene rings is 1. The maximum atomic E-state index is 13.3. The molecule has 1 aliphatic carbocycles. The fourth-order valence-corrected chi connectivity index (χ4v) is 4.46. The molecule has 0 spiro atoms. The second-order valence-corrected chi connectivity index (χ2v) is 8.89. The number of allylic oxidation sites excluding steroid dienone is 2. The van der Waals surface area contributed by atoms with E-state index in [4.69, 9.17) is 20.9 Å². The first-order valence-corrected chi connectivity index (χ1v) is 11.8. The van der Waals surface area contributed by atoms with Gasteiger partial charge < -0.3 is 26.3 Å². The number of ether oxygens (including phenoxy) is 2. The van der Waals surface area contributed by atoms with Crippen LogP contribution in [0.1, 0.15) is 65.4 Å². The molecule has 1 unspecified atom stereocenters. The number of hydrogen-bond acceptors (Lipinski definition) is 7. The van der Waals surface area contributed by atoms with Crippen LogP contribution in [0.3, 0.4) is 0 Å². The lowest BCUT2D eigenvalue weighted by atomic mass is 9.68. The molecule has 0 fully saturated rings. The molecule has 5 N–H and O–H groups in total. The van der Waals surface area contributed by atoms with Gasteiger partial charge in [0.05, 0.1) is 26.2 Å². The van der Waals surface area contributed by atoms with Crippen molar-refractivity contribution in [2.45, 2.75) is 59.8 Å². The molecule has 7 heteroatoms. The van der Waals surface area contributed by atoms with E-state index < -0.39 is 0 Å². The minimum absolute atomic E-state index is 0.0646. The first kappa shape index (κ1) is 26.6. The first-order chi connectivity index (χ1) is 15.8. The zero-order valence-electron chi connectivity index (χ0n) is 20.6. The molecule has 0 saturated carbocycles. The van der Waals surface area contributed by atoms with Crippen LogP contribution in [0.25, 0.3) is 0 Å². The van der Waals surface area contributed by atoms with Gasteiger partial charge in [-0.3, -0.25) is 9.59 Å². The van der Waals surface area contributed by atoms with Crippen molar-refractivity contribution in [2.75, 3.05) is 32.1 Å². The molecule has 0 radical (unpaired) electrons. The van der Waals surface area contributed by atoms with Gasteiger partial charge in [0, 0.05) is 41.5 Å². The molecule has 0 amide bonds. The normalized spacial score (nSPS) is 19.3. The molecule has 33 heavy (non-hydrogen) atoms. The second kappa shape index (κ2) is 12.0. The van der Waals surface area contributed by atoms with Crippen LogP contribution in [0, 0.1) is 5.41 Å². The summed E-state index contributed by atoms with van der Waals surface area (Å²) in [7, 11) is 0. The third-order valence-corrected chi connectivity index (χ3v) is 5.64. The molecule has 1 aromatic rings. The maximum Gasteiger partial charge on any atom is 0.310 e. The van der Waals surface area contributed by atoms with Crippen molar-refractivity contribution in [3.05, 3.63) is 52.4 Å². The molecule has 1 heterocycles. The van der Waals surface area contributed by atoms with Gasteiger partial charge in [-0.2, -0.15) is 0 Å². The van der Waals surface area contributed by atoms with Crippen molar-refractivity contribution < 1.29 is 19.1 Å². The van der Waals surface area contributed by atoms with Crippen molar-refractivity contribution in [3.63, 3.8) is 0 Å². The maximum absolute atomic E-state index is 13.3. The van der Waals surface area contributed by atoms with Crippen LogP contribution in [0.2, 0.25) is 0 Å². The molecule has 0 saturated heterocycles. The van der Waals surface area contributed by atoms with Crippen molar-refractivity contribution in [1.82, 2.24) is 5.32 Å². The fraction of sp³-hybridized carbons (Fsp3) is 0.538. The number of esters is 1. The zero-order valence-corrected chi connectivity index (χ0v) is 20.6. The molecular formula is C26H39N3O4. The average molecular weight is 458 g/mol. The van der Waals surface area contributed by atoms with Gasteiger partial charge in [0.1, 0.15) is 0 Å². The Hall–Kier alpha value is -2.64. The van der Waals surface area contributed by atoms with Gasteiger partial charge in [0.25, 0.3) is 0 Å². The Morgan fingerprint density at radius 1 is 1.24 bits per heavy atom. The van der Waals surface area contributed by atoms with Crippen LogP contribution in [0.4, 0.5) is 5.69 Å². The van der Waals surface area contributed by atoms with Crippen LogP contribution in [-0.2, 0) is 19.1 Å². The summed E-state index contributed by atoms with van der Waals surface area (Å²) >= 11 is 0. The summed E-state index contributed by atoms with van der Waals surface area (Å²) in [4.78, 5) is 25.8. The number of dihydropyridines is 1. The summed E-state index contributed by atoms with van der Waals surface area (Å²) in [5.74, 6) is -0.615. The van der Waals surface area contributed by atoms with Gasteiger partial charge in [-0.15, -0.1) is 0 Å². The monoisotopic (exact) mass is 457 g/mol. The molecule has 1 aliphatic heterocycles. The standard InChI is InChI=1S/C24H33N3O4.C2H6/c1-4-31-21(29)11-17-19(14-30-9-8-25)27-18-12-24(2,3)13-20(28)23(18)22(17)15-6-5-7-16(26)10-15;1-2/h5-7,10,22,27H,4,8-9,11-14,25-26H2,1-3H3;1-2H3. The van der Waals surface area contributed by atoms with Crippen LogP contribution in [0.15, 0.2) is 46.8 Å². The van der Waals surface area contributed by atoms with Gasteiger partial charge in [0.2, 0.25) is 0 Å². The van der Waals surface area contributed by atoms with E-state index in [0.29, 0.717) is 37.4 Å². The highest BCUT2D eigenvalue weighted by Gasteiger charge is 2.42. The zero-order chi connectivity index (χ0) is 24.6. The number of nitrogens with one attached hydrogen (secondary N) is 1. The number of carbonyl (C=O) groups excluding carboxylic acids is 2. The van der Waals surface area contributed by atoms with Crippen LogP contribution in [-0.4, -0.2) is 38.1 Å². The second-order valence-electron chi connectivity index (χ2n) is 8.89. The third-order valence-electron chi connectivity index (χ3n) is 5.64. The summed E-state index contributed by atoms with van der Waals surface area (Å²) < 4.78 is 11.0. The Labute approximate surface area is 197 Å². The van der Waals surface area contributed by atoms with Crippen molar-refractivity contribution >= 4 is 17.4 Å². The summed E-state index contributed by atoms with van der Waals surface area (Å²) in [6, 6.07) is 7.51. The summed E-state index contributed by atoms with van der Waals surface area (Å²) in [5.41, 5.74) is 16.2. The van der Waals surface area contributed by atoms with E-state index in [-0.39, 0.29) is 36.1 Å². The number of nitrogens with two attached hydrogens (primary N) is 2. The summed E-state index contributed by atoms with van der Waals surface area (Å²) in [6.45, 7) is 11.3. The van der Waals surface area contributed by atoms with Gasteiger partial charge in [-0.25, -0.2) is 0 Å². The van der Waals surface area contributed by atoms with E-state index in [1.165, 1.54) is 0 Å². The molecule has 2 aliphatic rings. The fourth-order valence-electron chi connectivity index (χ4n) is 4.46. The summed E-state index contributed by atoms with van der Waals surface area (Å²) in [6.07, 6.45) is 1.26. The van der Waals surface area contributed by atoms with Crippen LogP contribution >= 0.6 is 0 Å². The Balaban J connectivity index is 0.00000187. The number of rotatable bonds is 8. The van der Waals surface area contributed by atoms with Crippen molar-refractivity contribution in [2.24, 2.45) is 11.1 Å². The molecular weight excluding hydrogens is 418 g/mol. The van der Waals surface area contributed by atoms with Crippen molar-refractivity contribution in [3.8, 4) is 0 Å². The minimum atomic E-state index is -0.371. The number of anilines is 1. The highest BCUT2D eigenvalue weighted by molar-refractivity contribution is 6.00. The average Bonchev–Trinajstić information content (AvgIpc) is 2.75. The van der Waals surface area contributed by atoms with E-state index in [1.54, 1.807) is 6.92 Å². The van der Waals surface area contributed by atoms with Gasteiger partial charge in [-0.1, -0.05) is 39.8 Å². The number of hydrogen-bond donors (Lipinski definition) is 3. The SMILES string of the molecule is CC.CCOC(=O)CC1=C(COCCN)NC2=C(C(=O)CC(C)(C)C2)C1c1cccc(N)c1. The first-order valence-electron chi connectivity index (χ1n) is 11.8. The largest absolute Gasteiger partial charge is 0.466 e. The van der Waals surface area contributed by atoms with Gasteiger partial charge in [0.15, 0.2) is 5.78 Å². The number of Topliss-reactive ketones (excluding diaryl/α,β-unsaturated/α-hetero) is 1. The molecule has 0 bridgehead atoms. The number of carbonyl (C=O) groups is 2. The highest BCUT2D eigenvalue weighted by Crippen LogP contribution is 2.47. The van der Waals surface area contributed by atoms with E-state index in [9.17, 15) is 9.59 Å². The quantitative estimate of drug-likeness (QED) is 0.309. The van der Waals surface area contributed by atoms with E-state index in [2.05, 4.69) is 19.2 Å². The molecule has 1 atom stereocenters. The smallest absolute Gasteiger partial charge is 0.310 e. The molecule has 3 rings (SSSR count). The Morgan fingerprint density at radius 3 is 2.61 bits per heavy atom. The molecule has 182 valence electrons. The number of ketones is 1. The number of nitrogen functional groups attached to an aromatic ring is 1. The lowest BCUT2D eigenvalue weighted by molar-refractivity contribution is -0.142. The van der Waals surface area contributed by atoms with Gasteiger partial charge >= 0.3 is 5.97 Å². The summed E-state index contributed by atoms with van der Waals surface area (Å²) in [5, 5.41) is 3.45.